The number of halogens is 2. The molecule has 0 radical (unpaired) electrons. The zero-order chi connectivity index (χ0) is 19.4. The number of ether oxygens (including phenoxy) is 2. The summed E-state index contributed by atoms with van der Waals surface area (Å²) in [5.74, 6) is 0.845. The van der Waals surface area contributed by atoms with Gasteiger partial charge in [-0.15, -0.1) is 0 Å². The van der Waals surface area contributed by atoms with E-state index in [2.05, 4.69) is 21.2 Å². The highest BCUT2D eigenvalue weighted by Crippen LogP contribution is 2.39. The van der Waals surface area contributed by atoms with E-state index in [1.807, 2.05) is 37.3 Å². The van der Waals surface area contributed by atoms with Gasteiger partial charge in [0.05, 0.1) is 16.0 Å². The maximum Gasteiger partial charge on any atom is 0.264 e. The van der Waals surface area contributed by atoms with Crippen molar-refractivity contribution in [3.05, 3.63) is 61.9 Å². The number of benzene rings is 2. The minimum atomic E-state index is -0.280. The zero-order valence-electron chi connectivity index (χ0n) is 14.3. The number of carbonyl (C=O) groups excluding carboxylic acids is 1. The number of rotatable bonds is 6. The summed E-state index contributed by atoms with van der Waals surface area (Å²) in [7, 11) is 0. The molecule has 2 aromatic carbocycles. The van der Waals surface area contributed by atoms with Crippen molar-refractivity contribution < 1.29 is 14.3 Å². The quantitative estimate of drug-likeness (QED) is 0.572. The van der Waals surface area contributed by atoms with E-state index < -0.39 is 0 Å². The number of thioether (sulfide) groups is 1. The molecule has 140 valence electrons. The van der Waals surface area contributed by atoms with E-state index in [-0.39, 0.29) is 11.1 Å². The van der Waals surface area contributed by atoms with E-state index in [1.165, 1.54) is 0 Å². The summed E-state index contributed by atoms with van der Waals surface area (Å²) in [6.45, 7) is 2.65. The molecule has 1 saturated heterocycles. The summed E-state index contributed by atoms with van der Waals surface area (Å²) < 4.78 is 12.4. The molecule has 8 heteroatoms. The molecule has 0 aromatic heterocycles. The van der Waals surface area contributed by atoms with Gasteiger partial charge in [-0.05, 0) is 64.5 Å². The van der Waals surface area contributed by atoms with Gasteiger partial charge in [-0.1, -0.05) is 29.8 Å². The van der Waals surface area contributed by atoms with Crippen LogP contribution >= 0.6 is 39.3 Å². The van der Waals surface area contributed by atoms with Crippen molar-refractivity contribution in [2.45, 2.75) is 13.5 Å². The molecule has 1 heterocycles. The van der Waals surface area contributed by atoms with Gasteiger partial charge in [0.2, 0.25) is 0 Å². The van der Waals surface area contributed by atoms with Crippen LogP contribution in [0.1, 0.15) is 18.1 Å². The van der Waals surface area contributed by atoms with Gasteiger partial charge in [0.1, 0.15) is 6.61 Å². The lowest BCUT2D eigenvalue weighted by atomic mass is 10.1. The molecule has 0 spiro atoms. The van der Waals surface area contributed by atoms with Gasteiger partial charge in [0, 0.05) is 10.6 Å². The summed E-state index contributed by atoms with van der Waals surface area (Å²) in [5, 5.41) is 10.8. The average molecular weight is 468 g/mol. The molecule has 1 fully saturated rings. The summed E-state index contributed by atoms with van der Waals surface area (Å²) >= 11 is 10.8. The van der Waals surface area contributed by atoms with E-state index in [0.717, 1.165) is 22.9 Å². The highest BCUT2D eigenvalue weighted by Gasteiger charge is 2.22. The summed E-state index contributed by atoms with van der Waals surface area (Å²) in [5.41, 5.74) is 1.64. The van der Waals surface area contributed by atoms with Gasteiger partial charge in [-0.3, -0.25) is 10.2 Å². The van der Waals surface area contributed by atoms with Crippen molar-refractivity contribution in [2.24, 2.45) is 0 Å². The van der Waals surface area contributed by atoms with E-state index in [0.29, 0.717) is 39.1 Å². The third-order valence-electron chi connectivity index (χ3n) is 3.62. The Hall–Kier alpha value is -1.96. The maximum absolute atomic E-state index is 11.8. The van der Waals surface area contributed by atoms with Crippen LogP contribution in [0, 0.1) is 5.41 Å². The van der Waals surface area contributed by atoms with Crippen molar-refractivity contribution in [1.29, 1.82) is 5.41 Å². The van der Waals surface area contributed by atoms with Crippen molar-refractivity contribution in [3.63, 3.8) is 0 Å². The second-order valence-corrected chi connectivity index (χ2v) is 7.85. The molecule has 27 heavy (non-hydrogen) atoms. The molecule has 0 saturated carbocycles. The number of hydrogen-bond acceptors (Lipinski definition) is 5. The van der Waals surface area contributed by atoms with Gasteiger partial charge in [-0.2, -0.15) is 0 Å². The van der Waals surface area contributed by atoms with Crippen LogP contribution in [0.2, 0.25) is 5.02 Å². The second-order valence-electron chi connectivity index (χ2n) is 5.54. The Labute approximate surface area is 174 Å². The molecule has 5 nitrogen and oxygen atoms in total. The minimum Gasteiger partial charge on any atom is -0.490 e. The number of amides is 1. The van der Waals surface area contributed by atoms with Crippen molar-refractivity contribution in [3.8, 4) is 11.5 Å². The predicted octanol–water partition coefficient (Wildman–Crippen LogP) is 5.22. The molecule has 0 atom stereocenters. The van der Waals surface area contributed by atoms with E-state index >= 15 is 0 Å². The monoisotopic (exact) mass is 466 g/mol. The molecule has 1 aliphatic rings. The minimum absolute atomic E-state index is 0.120. The first kappa shape index (κ1) is 19.8. The fraction of sp³-hybridized carbons (Fsp3) is 0.158. The van der Waals surface area contributed by atoms with Crippen LogP contribution in [0.25, 0.3) is 6.08 Å². The Balaban J connectivity index is 1.88. The second kappa shape index (κ2) is 8.82. The summed E-state index contributed by atoms with van der Waals surface area (Å²) in [6, 6.07) is 11.1. The molecule has 0 unspecified atom stereocenters. The van der Waals surface area contributed by atoms with Crippen LogP contribution in [0.5, 0.6) is 11.5 Å². The molecule has 3 rings (SSSR count). The Bertz CT molecular complexity index is 933. The van der Waals surface area contributed by atoms with Crippen LogP contribution in [0.15, 0.2) is 45.8 Å². The molecule has 2 N–H and O–H groups in total. The Morgan fingerprint density at radius 1 is 1.30 bits per heavy atom. The fourth-order valence-corrected chi connectivity index (χ4v) is 3.90. The van der Waals surface area contributed by atoms with Gasteiger partial charge < -0.3 is 14.8 Å². The lowest BCUT2D eigenvalue weighted by molar-refractivity contribution is -0.115. The highest BCUT2D eigenvalue weighted by atomic mass is 79.9. The van der Waals surface area contributed by atoms with Crippen molar-refractivity contribution >= 4 is 56.4 Å². The summed E-state index contributed by atoms with van der Waals surface area (Å²) in [4.78, 5) is 12.3. The van der Waals surface area contributed by atoms with Crippen molar-refractivity contribution in [1.82, 2.24) is 5.32 Å². The molecular formula is C19H16BrClN2O3S. The Morgan fingerprint density at radius 2 is 2.07 bits per heavy atom. The maximum atomic E-state index is 11.8. The number of amidine groups is 1. The first-order valence-corrected chi connectivity index (χ1v) is 10.1. The Kier molecular flexibility index (Phi) is 6.46. The lowest BCUT2D eigenvalue weighted by Crippen LogP contribution is -2.18. The topological polar surface area (TPSA) is 71.4 Å². The SMILES string of the molecule is CCOc1cc(C=C2SC(=N)NC2=O)cc(Br)c1OCc1ccccc1Cl. The van der Waals surface area contributed by atoms with Crippen LogP contribution in [0.3, 0.4) is 0 Å². The molecule has 1 amide bonds. The molecule has 0 bridgehead atoms. The average Bonchev–Trinajstić information content (AvgIpc) is 2.93. The van der Waals surface area contributed by atoms with Gasteiger partial charge in [-0.25, -0.2) is 0 Å². The molecular weight excluding hydrogens is 452 g/mol. The third-order valence-corrected chi connectivity index (χ3v) is 5.41. The van der Waals surface area contributed by atoms with E-state index in [1.54, 1.807) is 12.1 Å². The highest BCUT2D eigenvalue weighted by molar-refractivity contribution is 9.10. The zero-order valence-corrected chi connectivity index (χ0v) is 17.5. The first-order valence-electron chi connectivity index (χ1n) is 8.10. The van der Waals surface area contributed by atoms with Gasteiger partial charge in [0.15, 0.2) is 16.7 Å². The lowest BCUT2D eigenvalue weighted by Gasteiger charge is -2.15. The van der Waals surface area contributed by atoms with E-state index in [9.17, 15) is 4.79 Å². The first-order chi connectivity index (χ1) is 13.0. The van der Waals surface area contributed by atoms with Crippen LogP contribution in [-0.4, -0.2) is 17.7 Å². The molecule has 2 aromatic rings. The largest absolute Gasteiger partial charge is 0.490 e. The van der Waals surface area contributed by atoms with Gasteiger partial charge in [0.25, 0.3) is 5.91 Å². The van der Waals surface area contributed by atoms with Crippen LogP contribution in [-0.2, 0) is 11.4 Å². The van der Waals surface area contributed by atoms with Crippen LogP contribution < -0.4 is 14.8 Å². The van der Waals surface area contributed by atoms with Crippen molar-refractivity contribution in [2.75, 3.05) is 6.61 Å². The number of nitrogens with one attached hydrogen (secondary N) is 2. The molecule has 1 aliphatic heterocycles. The smallest absolute Gasteiger partial charge is 0.264 e. The van der Waals surface area contributed by atoms with E-state index in [4.69, 9.17) is 26.5 Å². The third kappa shape index (κ3) is 4.86. The van der Waals surface area contributed by atoms with Crippen LogP contribution in [0.4, 0.5) is 0 Å². The summed E-state index contributed by atoms with van der Waals surface area (Å²) in [6.07, 6.45) is 1.71. The Morgan fingerprint density at radius 3 is 2.74 bits per heavy atom. The number of carbonyl (C=O) groups is 1. The normalized spacial score (nSPS) is 15.1. The number of hydrogen-bond donors (Lipinski definition) is 2. The van der Waals surface area contributed by atoms with Gasteiger partial charge >= 0.3 is 0 Å². The molecule has 0 aliphatic carbocycles. The standard InChI is InChI=1S/C19H16BrClN2O3S/c1-2-25-15-8-11(9-16-18(24)23-19(22)27-16)7-13(20)17(15)26-10-12-5-3-4-6-14(12)21/h3-9H,2,10H2,1H3,(H2,22,23,24). The fourth-order valence-electron chi connectivity index (χ4n) is 2.43. The predicted molar refractivity (Wildman–Crippen MR) is 113 cm³/mol.